The van der Waals surface area contributed by atoms with Crippen LogP contribution in [-0.2, 0) is 0 Å². The standard InChI is InChI=1S/C41H23F5N4O/c42-37-36(38(43)40(45)41(46)39(37)44)35-29-17-13-25(49-29)23-11-15-27(47-23)33(21-7-3-1-4-8-21)31-19-20-32(51-31)34(22-9-5-2-6-10-22)28-16-12-24(48-28)26-14-18-30(35)50-26/h1-20,47-49H. The Hall–Kier alpha value is -6.68. The van der Waals surface area contributed by atoms with Gasteiger partial charge in [0.2, 0.25) is 5.82 Å². The van der Waals surface area contributed by atoms with Crippen LogP contribution in [0.1, 0.15) is 11.4 Å². The fourth-order valence-electron chi connectivity index (χ4n) is 6.64. The molecule has 10 bridgehead atoms. The molecule has 0 aliphatic carbocycles. The number of nitrogens with zero attached hydrogens (tertiary/aromatic N) is 1. The number of benzene rings is 3. The average Bonchev–Trinajstić information content (AvgIpc) is 4.00. The Morgan fingerprint density at radius 3 is 1.31 bits per heavy atom. The highest BCUT2D eigenvalue weighted by molar-refractivity contribution is 5.99. The molecular weight excluding hydrogens is 659 g/mol. The molecule has 51 heavy (non-hydrogen) atoms. The summed E-state index contributed by atoms with van der Waals surface area (Å²) in [5, 5.41) is 0. The molecule has 248 valence electrons. The minimum atomic E-state index is -2.24. The number of furan rings is 1. The molecule has 0 fully saturated rings. The highest BCUT2D eigenvalue weighted by atomic mass is 19.2. The number of rotatable bonds is 3. The molecule has 3 aromatic carbocycles. The lowest BCUT2D eigenvalue weighted by Gasteiger charge is -2.09. The predicted octanol–water partition coefficient (Wildman–Crippen LogP) is 11.7. The number of hydrogen-bond donors (Lipinski definition) is 3. The number of aromatic amines is 3. The van der Waals surface area contributed by atoms with Crippen molar-refractivity contribution in [2.75, 3.05) is 0 Å². The smallest absolute Gasteiger partial charge is 0.200 e. The third-order valence-corrected chi connectivity index (χ3v) is 9.01. The summed E-state index contributed by atoms with van der Waals surface area (Å²) in [4.78, 5) is 14.6. The molecule has 0 atom stereocenters. The Bertz CT molecular complexity index is 2840. The minimum Gasteiger partial charge on any atom is -0.456 e. The van der Waals surface area contributed by atoms with Gasteiger partial charge in [0.15, 0.2) is 23.3 Å². The number of hydrogen-bond acceptors (Lipinski definition) is 2. The molecule has 0 spiro atoms. The first-order valence-corrected chi connectivity index (χ1v) is 15.9. The maximum Gasteiger partial charge on any atom is 0.200 e. The van der Waals surface area contributed by atoms with Crippen LogP contribution in [0.15, 0.2) is 114 Å². The van der Waals surface area contributed by atoms with Gasteiger partial charge in [0.05, 0.1) is 44.5 Å². The van der Waals surface area contributed by atoms with E-state index < -0.39 is 34.6 Å². The van der Waals surface area contributed by atoms with Crippen LogP contribution in [-0.4, -0.2) is 19.9 Å². The van der Waals surface area contributed by atoms with Gasteiger partial charge in [-0.05, 0) is 71.8 Å². The summed E-state index contributed by atoms with van der Waals surface area (Å²) >= 11 is 0. The first-order chi connectivity index (χ1) is 24.9. The van der Waals surface area contributed by atoms with Crippen molar-refractivity contribution >= 4 is 56.4 Å². The topological polar surface area (TPSA) is 73.4 Å². The molecule has 0 radical (unpaired) electrons. The Labute approximate surface area is 285 Å². The van der Waals surface area contributed by atoms with Gasteiger partial charge < -0.3 is 19.4 Å². The molecule has 5 nitrogen and oxygen atoms in total. The Kier molecular flexibility index (Phi) is 6.99. The van der Waals surface area contributed by atoms with Crippen molar-refractivity contribution in [3.05, 3.63) is 150 Å². The highest BCUT2D eigenvalue weighted by Crippen LogP contribution is 2.38. The average molecular weight is 683 g/mol. The van der Waals surface area contributed by atoms with E-state index in [4.69, 9.17) is 4.42 Å². The van der Waals surface area contributed by atoms with Gasteiger partial charge >= 0.3 is 0 Å². The molecular formula is C41H23F5N4O. The molecule has 1 aliphatic heterocycles. The van der Waals surface area contributed by atoms with Crippen LogP contribution in [0.2, 0.25) is 0 Å². The Morgan fingerprint density at radius 2 is 0.784 bits per heavy atom. The third-order valence-electron chi connectivity index (χ3n) is 9.01. The number of fused-ring (bicyclic) bond motifs is 12. The van der Waals surface area contributed by atoms with Crippen LogP contribution in [0.3, 0.4) is 0 Å². The molecule has 0 saturated heterocycles. The van der Waals surface area contributed by atoms with Crippen molar-refractivity contribution in [2.45, 2.75) is 0 Å². The number of aromatic nitrogens is 4. The van der Waals surface area contributed by atoms with Crippen molar-refractivity contribution in [1.82, 2.24) is 19.9 Å². The lowest BCUT2D eigenvalue weighted by atomic mass is 10.0. The first kappa shape index (κ1) is 30.4. The second-order valence-corrected chi connectivity index (χ2v) is 12.0. The molecule has 0 saturated carbocycles. The summed E-state index contributed by atoms with van der Waals surface area (Å²) < 4.78 is 81.1. The molecule has 10 heteroatoms. The lowest BCUT2D eigenvalue weighted by molar-refractivity contribution is 0.381. The van der Waals surface area contributed by atoms with Crippen molar-refractivity contribution < 1.29 is 26.4 Å². The van der Waals surface area contributed by atoms with E-state index in [1.807, 2.05) is 91.0 Å². The van der Waals surface area contributed by atoms with Gasteiger partial charge in [-0.15, -0.1) is 0 Å². The maximum absolute atomic E-state index is 15.5. The van der Waals surface area contributed by atoms with Gasteiger partial charge in [0, 0.05) is 22.2 Å². The Balaban J connectivity index is 1.47. The van der Waals surface area contributed by atoms with Gasteiger partial charge in [-0.2, -0.15) is 0 Å². The monoisotopic (exact) mass is 682 g/mol. The molecule has 9 rings (SSSR count). The second-order valence-electron chi connectivity index (χ2n) is 12.0. The molecule has 5 aromatic heterocycles. The van der Waals surface area contributed by atoms with Gasteiger partial charge in [-0.1, -0.05) is 60.7 Å². The third kappa shape index (κ3) is 4.94. The van der Waals surface area contributed by atoms with Crippen LogP contribution < -0.4 is 0 Å². The van der Waals surface area contributed by atoms with E-state index in [9.17, 15) is 13.2 Å². The van der Waals surface area contributed by atoms with Crippen molar-refractivity contribution in [3.63, 3.8) is 0 Å². The van der Waals surface area contributed by atoms with E-state index in [0.717, 1.165) is 22.3 Å². The largest absolute Gasteiger partial charge is 0.456 e. The number of halogens is 5. The fourth-order valence-corrected chi connectivity index (χ4v) is 6.64. The number of nitrogens with one attached hydrogen (secondary N) is 3. The molecule has 3 N–H and O–H groups in total. The highest BCUT2D eigenvalue weighted by Gasteiger charge is 2.29. The van der Waals surface area contributed by atoms with Crippen molar-refractivity contribution in [3.8, 4) is 33.4 Å². The van der Waals surface area contributed by atoms with Crippen LogP contribution in [0.25, 0.3) is 89.8 Å². The predicted molar refractivity (Wildman–Crippen MR) is 190 cm³/mol. The summed E-state index contributed by atoms with van der Waals surface area (Å²) in [7, 11) is 0. The maximum atomic E-state index is 15.5. The molecule has 0 unspecified atom stereocenters. The van der Waals surface area contributed by atoms with Crippen LogP contribution in [0, 0.1) is 29.1 Å². The lowest BCUT2D eigenvalue weighted by Crippen LogP contribution is -2.05. The van der Waals surface area contributed by atoms with Gasteiger partial charge in [-0.25, -0.2) is 26.9 Å². The van der Waals surface area contributed by atoms with E-state index in [1.54, 1.807) is 18.2 Å². The van der Waals surface area contributed by atoms with Crippen LogP contribution in [0.5, 0.6) is 0 Å². The van der Waals surface area contributed by atoms with Crippen molar-refractivity contribution in [1.29, 1.82) is 0 Å². The zero-order chi connectivity index (χ0) is 34.8. The Morgan fingerprint density at radius 1 is 0.373 bits per heavy atom. The zero-order valence-corrected chi connectivity index (χ0v) is 26.3. The summed E-state index contributed by atoms with van der Waals surface area (Å²) in [6.07, 6.45) is 3.09. The van der Waals surface area contributed by atoms with Crippen LogP contribution in [0.4, 0.5) is 22.0 Å². The summed E-state index contributed by atoms with van der Waals surface area (Å²) in [5.41, 5.74) is 6.63. The summed E-state index contributed by atoms with van der Waals surface area (Å²) in [6.45, 7) is 0. The van der Waals surface area contributed by atoms with E-state index >= 15 is 8.78 Å². The first-order valence-electron chi connectivity index (χ1n) is 15.9. The SMILES string of the molecule is Fc1c(F)c(F)c(-c2c3nc(c4ccc([nH]4)c(-c4ccccc4)c4ccc(o4)c(-c4ccccc4)c4ccc([nH]4)c4ccc2[nH]4)C=C3)c(F)c1F. The minimum absolute atomic E-state index is 0.00585. The van der Waals surface area contributed by atoms with Gasteiger partial charge in [0.1, 0.15) is 11.2 Å². The fraction of sp³-hybridized carbons (Fsp3) is 0. The summed E-state index contributed by atoms with van der Waals surface area (Å²) in [6, 6.07) is 33.8. The molecule has 8 aromatic rings. The van der Waals surface area contributed by atoms with Crippen molar-refractivity contribution in [2.24, 2.45) is 0 Å². The van der Waals surface area contributed by atoms with E-state index in [-0.39, 0.29) is 16.8 Å². The molecule has 1 aliphatic rings. The van der Waals surface area contributed by atoms with E-state index in [2.05, 4.69) is 19.9 Å². The van der Waals surface area contributed by atoms with Gasteiger partial charge in [-0.3, -0.25) is 0 Å². The van der Waals surface area contributed by atoms with E-state index in [1.165, 1.54) is 12.1 Å². The zero-order valence-electron chi connectivity index (χ0n) is 26.3. The van der Waals surface area contributed by atoms with Gasteiger partial charge in [0.25, 0.3) is 0 Å². The normalized spacial score (nSPS) is 11.9. The summed E-state index contributed by atoms with van der Waals surface area (Å²) in [5.74, 6) is -10.3. The molecule has 6 heterocycles. The number of H-pyrrole nitrogens is 3. The second kappa shape index (κ2) is 11.7. The quantitative estimate of drug-likeness (QED) is 0.0986. The molecule has 0 amide bonds. The van der Waals surface area contributed by atoms with Crippen LogP contribution >= 0.6 is 0 Å². The van der Waals surface area contributed by atoms with E-state index in [0.29, 0.717) is 44.4 Å².